The Balaban J connectivity index is 1.61. The van der Waals surface area contributed by atoms with Crippen LogP contribution in [-0.4, -0.2) is 37.4 Å². The van der Waals surface area contributed by atoms with E-state index in [-0.39, 0.29) is 28.4 Å². The number of ether oxygens (including phenoxy) is 1. The summed E-state index contributed by atoms with van der Waals surface area (Å²) in [5, 5.41) is 4.04. The van der Waals surface area contributed by atoms with Crippen LogP contribution < -0.4 is 10.0 Å². The molecule has 3 aromatic carbocycles. The zero-order valence-electron chi connectivity index (χ0n) is 18.1. The second kappa shape index (κ2) is 9.77. The average Bonchev–Trinajstić information content (AvgIpc) is 2.87. The smallest absolute Gasteiger partial charge is 0.337 e. The first kappa shape index (κ1) is 23.0. The van der Waals surface area contributed by atoms with E-state index in [1.807, 2.05) is 18.2 Å². The van der Waals surface area contributed by atoms with E-state index >= 15 is 0 Å². The summed E-state index contributed by atoms with van der Waals surface area (Å²) in [4.78, 5) is 32.5. The van der Waals surface area contributed by atoms with Gasteiger partial charge in [0, 0.05) is 30.0 Å². The van der Waals surface area contributed by atoms with Crippen LogP contribution >= 0.6 is 0 Å². The van der Waals surface area contributed by atoms with E-state index in [2.05, 4.69) is 20.0 Å². The molecule has 0 aliphatic carbocycles. The summed E-state index contributed by atoms with van der Waals surface area (Å²) in [7, 11) is -2.64. The average molecular weight is 477 g/mol. The fourth-order valence-corrected chi connectivity index (χ4v) is 4.64. The van der Waals surface area contributed by atoms with Gasteiger partial charge in [0.25, 0.3) is 5.91 Å². The minimum Gasteiger partial charge on any atom is -0.465 e. The van der Waals surface area contributed by atoms with Crippen molar-refractivity contribution in [1.82, 2.24) is 14.7 Å². The lowest BCUT2D eigenvalue weighted by Crippen LogP contribution is -2.24. The number of carbonyl (C=O) groups excluding carboxylic acids is 2. The van der Waals surface area contributed by atoms with Crippen LogP contribution in [0.2, 0.25) is 0 Å². The molecular formula is C24H20N4O5S. The Hall–Kier alpha value is -4.15. The van der Waals surface area contributed by atoms with Crippen molar-refractivity contribution < 1.29 is 22.7 Å². The SMILES string of the molecule is COC(=O)c1cc(CNS(=O)(=O)c2cccc3ccccc23)cc(NC(=O)c2cnccn2)c1. The minimum absolute atomic E-state index is 0.0872. The number of sulfonamides is 1. The van der Waals surface area contributed by atoms with Crippen molar-refractivity contribution in [2.45, 2.75) is 11.4 Å². The maximum absolute atomic E-state index is 13.1. The second-order valence-corrected chi connectivity index (χ2v) is 8.99. The van der Waals surface area contributed by atoms with Crippen molar-refractivity contribution in [2.75, 3.05) is 12.4 Å². The Morgan fingerprint density at radius 2 is 1.79 bits per heavy atom. The van der Waals surface area contributed by atoms with Gasteiger partial charge in [-0.2, -0.15) is 0 Å². The standard InChI is InChI=1S/C24H20N4O5S/c1-33-24(30)18-11-16(12-19(13-18)28-23(29)21-15-25-9-10-26-21)14-27-34(31,32)22-8-4-6-17-5-2-3-7-20(17)22/h2-13,15,27H,14H2,1H3,(H,28,29). The highest BCUT2D eigenvalue weighted by Crippen LogP contribution is 2.23. The number of amides is 1. The molecule has 10 heteroatoms. The largest absolute Gasteiger partial charge is 0.465 e. The summed E-state index contributed by atoms with van der Waals surface area (Å²) in [6.07, 6.45) is 4.13. The van der Waals surface area contributed by atoms with Gasteiger partial charge >= 0.3 is 5.97 Å². The second-order valence-electron chi connectivity index (χ2n) is 7.26. The molecule has 0 saturated carbocycles. The van der Waals surface area contributed by atoms with E-state index in [0.29, 0.717) is 10.9 Å². The van der Waals surface area contributed by atoms with Gasteiger partial charge in [-0.15, -0.1) is 0 Å². The van der Waals surface area contributed by atoms with Gasteiger partial charge < -0.3 is 10.1 Å². The molecule has 9 nitrogen and oxygen atoms in total. The van der Waals surface area contributed by atoms with Gasteiger partial charge in [-0.1, -0.05) is 36.4 Å². The third-order valence-corrected chi connectivity index (χ3v) is 6.43. The molecule has 34 heavy (non-hydrogen) atoms. The molecule has 0 radical (unpaired) electrons. The molecule has 172 valence electrons. The molecule has 0 atom stereocenters. The van der Waals surface area contributed by atoms with Crippen LogP contribution in [0.4, 0.5) is 5.69 Å². The van der Waals surface area contributed by atoms with Gasteiger partial charge in [0.15, 0.2) is 0 Å². The van der Waals surface area contributed by atoms with Crippen LogP contribution in [0, 0.1) is 0 Å². The number of fused-ring (bicyclic) bond motifs is 1. The van der Waals surface area contributed by atoms with Gasteiger partial charge in [0.1, 0.15) is 5.69 Å². The molecule has 4 aromatic rings. The van der Waals surface area contributed by atoms with E-state index < -0.39 is 21.9 Å². The van der Waals surface area contributed by atoms with E-state index in [1.165, 1.54) is 43.9 Å². The highest BCUT2D eigenvalue weighted by Gasteiger charge is 2.18. The maximum Gasteiger partial charge on any atom is 0.337 e. The highest BCUT2D eigenvalue weighted by molar-refractivity contribution is 7.89. The summed E-state index contributed by atoms with van der Waals surface area (Å²) < 4.78 is 33.5. The zero-order valence-corrected chi connectivity index (χ0v) is 18.9. The zero-order chi connectivity index (χ0) is 24.1. The molecular weight excluding hydrogens is 456 g/mol. The number of carbonyl (C=O) groups is 2. The summed E-state index contributed by atoms with van der Waals surface area (Å²) >= 11 is 0. The van der Waals surface area contributed by atoms with Crippen molar-refractivity contribution in [1.29, 1.82) is 0 Å². The number of rotatable bonds is 7. The highest BCUT2D eigenvalue weighted by atomic mass is 32.2. The van der Waals surface area contributed by atoms with Crippen molar-refractivity contribution >= 4 is 38.4 Å². The first-order valence-electron chi connectivity index (χ1n) is 10.1. The van der Waals surface area contributed by atoms with E-state index in [9.17, 15) is 18.0 Å². The molecule has 1 heterocycles. The lowest BCUT2D eigenvalue weighted by Gasteiger charge is -2.12. The quantitative estimate of drug-likeness (QED) is 0.392. The Morgan fingerprint density at radius 1 is 1.00 bits per heavy atom. The number of hydrogen-bond donors (Lipinski definition) is 2. The lowest BCUT2D eigenvalue weighted by molar-refractivity contribution is 0.0600. The number of nitrogens with zero attached hydrogens (tertiary/aromatic N) is 2. The third kappa shape index (κ3) is 5.08. The first-order valence-corrected chi connectivity index (χ1v) is 11.6. The van der Waals surface area contributed by atoms with E-state index in [1.54, 1.807) is 24.3 Å². The molecule has 1 aromatic heterocycles. The van der Waals surface area contributed by atoms with Gasteiger partial charge in [0.2, 0.25) is 10.0 Å². The number of nitrogens with one attached hydrogen (secondary N) is 2. The molecule has 0 aliphatic heterocycles. The fraction of sp³-hybridized carbons (Fsp3) is 0.0833. The molecule has 0 fully saturated rings. The first-order chi connectivity index (χ1) is 16.4. The summed E-state index contributed by atoms with van der Waals surface area (Å²) in [5.41, 5.74) is 0.960. The van der Waals surface area contributed by atoms with Crippen LogP contribution in [-0.2, 0) is 21.3 Å². The number of methoxy groups -OCH3 is 1. The monoisotopic (exact) mass is 476 g/mol. The Bertz CT molecular complexity index is 1470. The van der Waals surface area contributed by atoms with Crippen molar-refractivity contribution in [3.63, 3.8) is 0 Å². The third-order valence-electron chi connectivity index (χ3n) is 4.97. The predicted octanol–water partition coefficient (Wildman–Crippen LogP) is 3.15. The molecule has 0 saturated heterocycles. The van der Waals surface area contributed by atoms with Crippen molar-refractivity contribution in [3.8, 4) is 0 Å². The van der Waals surface area contributed by atoms with E-state index in [0.717, 1.165) is 5.39 Å². The van der Waals surface area contributed by atoms with Gasteiger partial charge in [-0.25, -0.2) is 22.9 Å². The topological polar surface area (TPSA) is 127 Å². The van der Waals surface area contributed by atoms with Crippen LogP contribution in [0.5, 0.6) is 0 Å². The number of benzene rings is 3. The Kier molecular flexibility index (Phi) is 6.62. The number of esters is 1. The number of aromatic nitrogens is 2. The molecule has 0 aliphatic rings. The summed E-state index contributed by atoms with van der Waals surface area (Å²) in [5.74, 6) is -1.16. The molecule has 2 N–H and O–H groups in total. The normalized spacial score (nSPS) is 11.2. The van der Waals surface area contributed by atoms with Crippen LogP contribution in [0.25, 0.3) is 10.8 Å². The predicted molar refractivity (Wildman–Crippen MR) is 126 cm³/mol. The van der Waals surface area contributed by atoms with Crippen LogP contribution in [0.3, 0.4) is 0 Å². The number of anilines is 1. The molecule has 4 rings (SSSR count). The van der Waals surface area contributed by atoms with E-state index in [4.69, 9.17) is 4.74 Å². The summed E-state index contributed by atoms with van der Waals surface area (Å²) in [6.45, 7) is -0.121. The van der Waals surface area contributed by atoms with Crippen LogP contribution in [0.1, 0.15) is 26.4 Å². The molecule has 1 amide bonds. The Labute approximate surface area is 195 Å². The fourth-order valence-electron chi connectivity index (χ4n) is 3.40. The van der Waals surface area contributed by atoms with Crippen molar-refractivity contribution in [2.24, 2.45) is 0 Å². The maximum atomic E-state index is 13.1. The lowest BCUT2D eigenvalue weighted by atomic mass is 10.1. The van der Waals surface area contributed by atoms with Gasteiger partial charge in [0.05, 0.1) is 23.8 Å². The Morgan fingerprint density at radius 3 is 2.56 bits per heavy atom. The molecule has 0 unspecified atom stereocenters. The van der Waals surface area contributed by atoms with Crippen molar-refractivity contribution in [3.05, 3.63) is 96.1 Å². The molecule has 0 bridgehead atoms. The number of hydrogen-bond acceptors (Lipinski definition) is 7. The van der Waals surface area contributed by atoms with Gasteiger partial charge in [-0.05, 0) is 35.2 Å². The molecule has 0 spiro atoms. The summed E-state index contributed by atoms with van der Waals surface area (Å²) in [6, 6.07) is 16.7. The van der Waals surface area contributed by atoms with Gasteiger partial charge in [-0.3, -0.25) is 9.78 Å². The minimum atomic E-state index is -3.87. The van der Waals surface area contributed by atoms with Crippen LogP contribution in [0.15, 0.2) is 84.1 Å².